The van der Waals surface area contributed by atoms with Gasteiger partial charge in [0, 0.05) is 25.5 Å². The van der Waals surface area contributed by atoms with E-state index in [4.69, 9.17) is 0 Å². The second-order valence-corrected chi connectivity index (χ2v) is 7.20. The van der Waals surface area contributed by atoms with E-state index in [1.807, 2.05) is 6.08 Å². The van der Waals surface area contributed by atoms with Crippen LogP contribution in [0.3, 0.4) is 0 Å². The first kappa shape index (κ1) is 17.7. The number of unbranched alkanes of at least 4 members (excludes halogenated alkanes) is 1. The zero-order valence-electron chi connectivity index (χ0n) is 15.3. The molecule has 0 N–H and O–H groups in total. The van der Waals surface area contributed by atoms with E-state index in [2.05, 4.69) is 74.7 Å². The summed E-state index contributed by atoms with van der Waals surface area (Å²) < 4.78 is 0. The first-order chi connectivity index (χ1) is 11.0. The molecule has 2 nitrogen and oxygen atoms in total. The molecule has 1 aliphatic rings. The molecule has 0 saturated heterocycles. The summed E-state index contributed by atoms with van der Waals surface area (Å²) in [4.78, 5) is 4.81. The van der Waals surface area contributed by atoms with Gasteiger partial charge in [-0.15, -0.1) is 6.58 Å². The Morgan fingerprint density at radius 2 is 1.83 bits per heavy atom. The Kier molecular flexibility index (Phi) is 6.32. The summed E-state index contributed by atoms with van der Waals surface area (Å²) in [7, 11) is 0. The molecule has 0 bridgehead atoms. The number of allylic oxidation sites excluding steroid dienone is 1. The topological polar surface area (TPSA) is 6.48 Å². The highest BCUT2D eigenvalue weighted by molar-refractivity contribution is 5.35. The minimum absolute atomic E-state index is 0.571. The van der Waals surface area contributed by atoms with E-state index in [-0.39, 0.29) is 0 Å². The van der Waals surface area contributed by atoms with Crippen molar-refractivity contribution in [3.05, 3.63) is 59.9 Å². The molecule has 0 unspecified atom stereocenters. The molecule has 0 aromatic heterocycles. The fraction of sp³-hybridized carbons (Fsp3) is 0.524. The van der Waals surface area contributed by atoms with Gasteiger partial charge in [-0.2, -0.15) is 0 Å². The Labute approximate surface area is 142 Å². The van der Waals surface area contributed by atoms with Gasteiger partial charge < -0.3 is 9.80 Å². The van der Waals surface area contributed by atoms with Gasteiger partial charge in [-0.25, -0.2) is 0 Å². The highest BCUT2D eigenvalue weighted by atomic mass is 15.3. The summed E-state index contributed by atoms with van der Waals surface area (Å²) in [5.41, 5.74) is 4.40. The molecule has 0 saturated carbocycles. The molecule has 0 radical (unpaired) electrons. The molecule has 2 heteroatoms. The zero-order chi connectivity index (χ0) is 16.8. The number of benzene rings is 1. The average molecular weight is 313 g/mol. The van der Waals surface area contributed by atoms with Crippen LogP contribution in [-0.4, -0.2) is 23.0 Å². The lowest BCUT2D eigenvalue weighted by Gasteiger charge is -2.24. The molecule has 2 rings (SSSR count). The van der Waals surface area contributed by atoms with Crippen molar-refractivity contribution in [1.82, 2.24) is 9.80 Å². The van der Waals surface area contributed by atoms with Gasteiger partial charge in [-0.1, -0.05) is 52.0 Å². The Morgan fingerprint density at radius 1 is 1.09 bits per heavy atom. The van der Waals surface area contributed by atoms with E-state index < -0.39 is 0 Å². The first-order valence-corrected chi connectivity index (χ1v) is 8.91. The van der Waals surface area contributed by atoms with Crippen LogP contribution in [0.2, 0.25) is 0 Å². The lowest BCUT2D eigenvalue weighted by molar-refractivity contribution is 0.257. The van der Waals surface area contributed by atoms with Crippen LogP contribution in [-0.2, 0) is 6.54 Å². The minimum atomic E-state index is 0.571. The number of nitrogens with zero attached hydrogens (tertiary/aromatic N) is 2. The van der Waals surface area contributed by atoms with Gasteiger partial charge >= 0.3 is 0 Å². The second-order valence-electron chi connectivity index (χ2n) is 7.20. The summed E-state index contributed by atoms with van der Waals surface area (Å²) in [6.45, 7) is 16.0. The van der Waals surface area contributed by atoms with Crippen molar-refractivity contribution < 1.29 is 0 Å². The molecule has 0 aliphatic carbocycles. The molecule has 0 amide bonds. The van der Waals surface area contributed by atoms with Crippen LogP contribution in [0.5, 0.6) is 0 Å². The summed E-state index contributed by atoms with van der Waals surface area (Å²) in [6.07, 6.45) is 8.74. The third-order valence-corrected chi connectivity index (χ3v) is 4.53. The third kappa shape index (κ3) is 4.89. The van der Waals surface area contributed by atoms with Crippen molar-refractivity contribution in [2.24, 2.45) is 0 Å². The number of hydrogen-bond acceptors (Lipinski definition) is 2. The Bertz CT molecular complexity index is 543. The standard InChI is InChI=1S/C21H32N2/c1-6-7-8-11-22-12-13-23(16-22)15-20-14-19(17(2)3)9-10-21(20)18(4)5/h6,9-10,12-14,17-18H,1,7-8,11,15-16H2,2-5H3. The van der Waals surface area contributed by atoms with E-state index in [1.54, 1.807) is 0 Å². The zero-order valence-corrected chi connectivity index (χ0v) is 15.3. The van der Waals surface area contributed by atoms with E-state index in [0.717, 1.165) is 26.2 Å². The molecule has 1 aromatic carbocycles. The Balaban J connectivity index is 2.03. The average Bonchev–Trinajstić information content (AvgIpc) is 2.94. The molecule has 0 fully saturated rings. The van der Waals surface area contributed by atoms with Gasteiger partial charge in [-0.3, -0.25) is 0 Å². The molecule has 23 heavy (non-hydrogen) atoms. The fourth-order valence-electron chi connectivity index (χ4n) is 3.11. The summed E-state index contributed by atoms with van der Waals surface area (Å²) >= 11 is 0. The summed E-state index contributed by atoms with van der Waals surface area (Å²) in [5, 5.41) is 0. The van der Waals surface area contributed by atoms with Crippen molar-refractivity contribution in [3.8, 4) is 0 Å². The van der Waals surface area contributed by atoms with Crippen LogP contribution in [0.1, 0.15) is 69.1 Å². The van der Waals surface area contributed by atoms with Gasteiger partial charge in [0.1, 0.15) is 0 Å². The summed E-state index contributed by atoms with van der Waals surface area (Å²) in [6, 6.07) is 7.04. The van der Waals surface area contributed by atoms with Crippen molar-refractivity contribution in [2.45, 2.75) is 58.9 Å². The third-order valence-electron chi connectivity index (χ3n) is 4.53. The second kappa shape index (κ2) is 8.24. The van der Waals surface area contributed by atoms with Crippen LogP contribution in [0.15, 0.2) is 43.3 Å². The molecule has 1 aromatic rings. The fourth-order valence-corrected chi connectivity index (χ4v) is 3.11. The smallest absolute Gasteiger partial charge is 0.0897 e. The Hall–Kier alpha value is -1.70. The lowest BCUT2D eigenvalue weighted by atomic mass is 9.92. The lowest BCUT2D eigenvalue weighted by Crippen LogP contribution is -2.26. The quantitative estimate of drug-likeness (QED) is 0.465. The Morgan fingerprint density at radius 3 is 2.48 bits per heavy atom. The van der Waals surface area contributed by atoms with E-state index in [9.17, 15) is 0 Å². The van der Waals surface area contributed by atoms with Gasteiger partial charge in [0.15, 0.2) is 0 Å². The SMILES string of the molecule is C=CCCCN1C=CN(Cc2cc(C(C)C)ccc2C(C)C)C1. The van der Waals surface area contributed by atoms with Crippen LogP contribution < -0.4 is 0 Å². The maximum Gasteiger partial charge on any atom is 0.0897 e. The molecule has 1 aliphatic heterocycles. The molecule has 0 atom stereocenters. The van der Waals surface area contributed by atoms with Gasteiger partial charge in [0.05, 0.1) is 6.67 Å². The van der Waals surface area contributed by atoms with E-state index in [0.29, 0.717) is 11.8 Å². The van der Waals surface area contributed by atoms with Crippen LogP contribution in [0.4, 0.5) is 0 Å². The summed E-state index contributed by atoms with van der Waals surface area (Å²) in [5.74, 6) is 1.15. The van der Waals surface area contributed by atoms with Crippen LogP contribution in [0.25, 0.3) is 0 Å². The normalized spacial score (nSPS) is 14.3. The highest BCUT2D eigenvalue weighted by Gasteiger charge is 2.15. The molecule has 126 valence electrons. The maximum atomic E-state index is 3.80. The number of rotatable bonds is 8. The van der Waals surface area contributed by atoms with E-state index in [1.165, 1.54) is 23.1 Å². The predicted molar refractivity (Wildman–Crippen MR) is 100 cm³/mol. The van der Waals surface area contributed by atoms with Crippen molar-refractivity contribution >= 4 is 0 Å². The first-order valence-electron chi connectivity index (χ1n) is 8.91. The predicted octanol–water partition coefficient (Wildman–Crippen LogP) is 5.45. The molecule has 0 spiro atoms. The van der Waals surface area contributed by atoms with Crippen molar-refractivity contribution in [2.75, 3.05) is 13.2 Å². The molecular formula is C21H32N2. The maximum absolute atomic E-state index is 3.80. The van der Waals surface area contributed by atoms with Crippen LogP contribution in [0, 0.1) is 0 Å². The monoisotopic (exact) mass is 312 g/mol. The number of hydrogen-bond donors (Lipinski definition) is 0. The van der Waals surface area contributed by atoms with Gasteiger partial charge in [-0.05, 0) is 41.4 Å². The molecule has 1 heterocycles. The molecular weight excluding hydrogens is 280 g/mol. The van der Waals surface area contributed by atoms with E-state index >= 15 is 0 Å². The highest BCUT2D eigenvalue weighted by Crippen LogP contribution is 2.26. The van der Waals surface area contributed by atoms with Crippen molar-refractivity contribution in [3.63, 3.8) is 0 Å². The van der Waals surface area contributed by atoms with Gasteiger partial charge in [0.25, 0.3) is 0 Å². The minimum Gasteiger partial charge on any atom is -0.359 e. The van der Waals surface area contributed by atoms with Crippen molar-refractivity contribution in [1.29, 1.82) is 0 Å². The van der Waals surface area contributed by atoms with Gasteiger partial charge in [0.2, 0.25) is 0 Å². The van der Waals surface area contributed by atoms with Crippen LogP contribution >= 0.6 is 0 Å². The largest absolute Gasteiger partial charge is 0.359 e.